The Kier molecular flexibility index (Phi) is 11.9. The highest BCUT2D eigenvalue weighted by atomic mass is 19.1. The van der Waals surface area contributed by atoms with Crippen LogP contribution >= 0.6 is 0 Å². The lowest BCUT2D eigenvalue weighted by Gasteiger charge is -2.40. The molecule has 4 aliphatic rings. The number of hydrogen-bond donors (Lipinski definition) is 2. The monoisotopic (exact) mass is 704 g/mol. The zero-order valence-electron chi connectivity index (χ0n) is 30.9. The number of carbonyl (C=O) groups excluding carboxylic acids is 3. The number of rotatable bonds is 14. The minimum Gasteiger partial charge on any atom is -0.368 e. The van der Waals surface area contributed by atoms with Crippen LogP contribution in [0.3, 0.4) is 0 Å². The van der Waals surface area contributed by atoms with Crippen LogP contribution in [0.25, 0.3) is 0 Å². The van der Waals surface area contributed by atoms with E-state index in [0.29, 0.717) is 36.9 Å². The van der Waals surface area contributed by atoms with Crippen molar-refractivity contribution in [1.82, 2.24) is 20.6 Å². The van der Waals surface area contributed by atoms with Gasteiger partial charge in [0.15, 0.2) is 0 Å². The summed E-state index contributed by atoms with van der Waals surface area (Å²) < 4.78 is 15.9. The van der Waals surface area contributed by atoms with Gasteiger partial charge in [0.05, 0.1) is 24.2 Å². The second kappa shape index (κ2) is 16.3. The van der Waals surface area contributed by atoms with Crippen molar-refractivity contribution in [3.8, 4) is 0 Å². The van der Waals surface area contributed by atoms with Gasteiger partial charge in [-0.1, -0.05) is 76.8 Å². The summed E-state index contributed by atoms with van der Waals surface area (Å²) in [6.07, 6.45) is 8.50. The number of likely N-dealkylation sites (N-methyl/N-ethyl adjacent to an activating group) is 1. The maximum absolute atomic E-state index is 15.9. The molecule has 6 rings (SSSR count). The Hall–Kier alpha value is -3.70. The first kappa shape index (κ1) is 37.1. The minimum absolute atomic E-state index is 0.0963. The predicted molar refractivity (Wildman–Crippen MR) is 197 cm³/mol. The molecule has 2 aliphatic heterocycles. The van der Waals surface area contributed by atoms with Crippen LogP contribution in [-0.2, 0) is 25.8 Å². The zero-order chi connectivity index (χ0) is 36.1. The van der Waals surface area contributed by atoms with Crippen molar-refractivity contribution >= 4 is 29.6 Å². The Morgan fingerprint density at radius 2 is 1.67 bits per heavy atom. The first-order valence-corrected chi connectivity index (χ1v) is 19.0. The van der Waals surface area contributed by atoms with Crippen molar-refractivity contribution < 1.29 is 23.6 Å². The highest BCUT2D eigenvalue weighted by Crippen LogP contribution is 2.43. The van der Waals surface area contributed by atoms with E-state index in [1.54, 1.807) is 6.07 Å². The molecule has 0 radical (unpaired) electrons. The van der Waals surface area contributed by atoms with Crippen molar-refractivity contribution in [1.29, 1.82) is 0 Å². The number of carbonyl (C=O) groups is 3. The van der Waals surface area contributed by atoms with Crippen LogP contribution in [0.1, 0.15) is 89.3 Å². The smallest absolute Gasteiger partial charge is 0.243 e. The summed E-state index contributed by atoms with van der Waals surface area (Å²) in [5, 5.41) is 7.57. The largest absolute Gasteiger partial charge is 0.368 e. The summed E-state index contributed by atoms with van der Waals surface area (Å²) in [4.78, 5) is 53.1. The lowest BCUT2D eigenvalue weighted by Crippen LogP contribution is -2.56. The Morgan fingerprint density at radius 3 is 2.31 bits per heavy atom. The van der Waals surface area contributed by atoms with Crippen molar-refractivity contribution in [3.05, 3.63) is 59.4 Å². The number of hydrogen-bond acceptors (Lipinski definition) is 7. The van der Waals surface area contributed by atoms with Crippen LogP contribution in [0.4, 0.5) is 15.8 Å². The van der Waals surface area contributed by atoms with Crippen LogP contribution in [0.15, 0.2) is 42.5 Å². The summed E-state index contributed by atoms with van der Waals surface area (Å²) in [5.74, 6) is -0.985. The lowest BCUT2D eigenvalue weighted by atomic mass is 9.84. The van der Waals surface area contributed by atoms with Crippen LogP contribution in [0, 0.1) is 23.1 Å². The predicted octanol–water partition coefficient (Wildman–Crippen LogP) is 5.42. The average molecular weight is 705 g/mol. The molecule has 3 fully saturated rings. The molecular formula is C40H57FN6O4. The SMILES string of the molecule is CN1CCN(c2cc3c(cc2F)C(NC(=O)[C@@H](NC(=O)[C@H](CC2CCCC2)CN(C=O)OCc2ccccc2)C(C)(C)C)CCN3C2CC2)CC1. The van der Waals surface area contributed by atoms with E-state index in [0.717, 1.165) is 88.1 Å². The topological polar surface area (TPSA) is 97.5 Å². The van der Waals surface area contributed by atoms with Gasteiger partial charge in [0.2, 0.25) is 18.2 Å². The molecule has 2 aromatic rings. The molecule has 0 spiro atoms. The Bertz CT molecular complexity index is 1500. The van der Waals surface area contributed by atoms with Gasteiger partial charge in [-0.15, -0.1) is 0 Å². The number of nitrogens with one attached hydrogen (secondary N) is 2. The maximum atomic E-state index is 15.9. The molecule has 0 aromatic heterocycles. The number of fused-ring (bicyclic) bond motifs is 1. The molecule has 2 heterocycles. The molecule has 2 aliphatic carbocycles. The van der Waals surface area contributed by atoms with Gasteiger partial charge in [-0.3, -0.25) is 19.2 Å². The minimum atomic E-state index is -0.842. The third-order valence-electron chi connectivity index (χ3n) is 11.2. The number of piperazine rings is 1. The average Bonchev–Trinajstić information content (AvgIpc) is 3.83. The third kappa shape index (κ3) is 9.40. The van der Waals surface area contributed by atoms with Gasteiger partial charge >= 0.3 is 0 Å². The van der Waals surface area contributed by atoms with Gasteiger partial charge in [0, 0.05) is 50.0 Å². The van der Waals surface area contributed by atoms with E-state index >= 15 is 4.39 Å². The van der Waals surface area contributed by atoms with E-state index < -0.39 is 17.4 Å². The molecular weight excluding hydrogens is 647 g/mol. The Balaban J connectivity index is 1.18. The molecule has 10 nitrogen and oxygen atoms in total. The van der Waals surface area contributed by atoms with Gasteiger partial charge in [0.25, 0.3) is 0 Å². The Morgan fingerprint density at radius 1 is 0.961 bits per heavy atom. The molecule has 278 valence electrons. The van der Waals surface area contributed by atoms with E-state index in [1.165, 1.54) is 5.06 Å². The van der Waals surface area contributed by atoms with Crippen molar-refractivity contribution in [3.63, 3.8) is 0 Å². The van der Waals surface area contributed by atoms with Crippen LogP contribution in [0.2, 0.25) is 0 Å². The standard InChI is InChI=1S/C40H57FN6O4/c1-40(2,3)37(43-38(49)30(22-28-10-8-9-11-28)25-46(27-48)51-26-29-12-6-5-7-13-29)39(50)42-34-16-17-47(31-14-15-31)35-24-36(33(41)23-32(34)35)45-20-18-44(4)19-21-45/h5-7,12-13,23-24,27-28,30-31,34,37H,8-11,14-22,25-26H2,1-4H3,(H,42,50)(H,43,49)/t30-,34?,37-/m1/s1. The molecule has 0 bridgehead atoms. The van der Waals surface area contributed by atoms with Gasteiger partial charge in [-0.25, -0.2) is 9.45 Å². The van der Waals surface area contributed by atoms with Gasteiger partial charge in [-0.2, -0.15) is 0 Å². The van der Waals surface area contributed by atoms with Gasteiger partial charge in [-0.05, 0) is 61.8 Å². The van der Waals surface area contributed by atoms with Gasteiger partial charge < -0.3 is 25.3 Å². The summed E-state index contributed by atoms with van der Waals surface area (Å²) in [5.41, 5.74) is 2.74. The highest BCUT2D eigenvalue weighted by Gasteiger charge is 2.40. The normalized spacial score (nSPS) is 21.2. The molecule has 3 amide bonds. The summed E-state index contributed by atoms with van der Waals surface area (Å²) >= 11 is 0. The van der Waals surface area contributed by atoms with Crippen LogP contribution in [0.5, 0.6) is 0 Å². The van der Waals surface area contributed by atoms with Crippen LogP contribution < -0.4 is 20.4 Å². The molecule has 1 unspecified atom stereocenters. The fourth-order valence-corrected chi connectivity index (χ4v) is 8.02. The second-order valence-electron chi connectivity index (χ2n) is 16.3. The fourth-order valence-electron chi connectivity index (χ4n) is 8.02. The van der Waals surface area contributed by atoms with Gasteiger partial charge in [0.1, 0.15) is 18.5 Å². The summed E-state index contributed by atoms with van der Waals surface area (Å²) in [6, 6.07) is 12.5. The summed E-state index contributed by atoms with van der Waals surface area (Å²) in [6.45, 7) is 10.2. The van der Waals surface area contributed by atoms with E-state index in [4.69, 9.17) is 4.84 Å². The first-order valence-electron chi connectivity index (χ1n) is 19.0. The lowest BCUT2D eigenvalue weighted by molar-refractivity contribution is -0.182. The third-order valence-corrected chi connectivity index (χ3v) is 11.2. The molecule has 1 saturated heterocycles. The van der Waals surface area contributed by atoms with E-state index in [1.807, 2.05) is 57.2 Å². The Labute approximate surface area is 303 Å². The number of hydroxylamine groups is 2. The number of nitrogens with zero attached hydrogens (tertiary/aromatic N) is 4. The number of halogens is 1. The molecule has 3 atom stereocenters. The molecule has 51 heavy (non-hydrogen) atoms. The number of amides is 3. The summed E-state index contributed by atoms with van der Waals surface area (Å²) in [7, 11) is 2.09. The number of benzene rings is 2. The highest BCUT2D eigenvalue weighted by molar-refractivity contribution is 5.89. The zero-order valence-corrected chi connectivity index (χ0v) is 30.9. The van der Waals surface area contributed by atoms with Crippen molar-refractivity contribution in [2.24, 2.45) is 17.3 Å². The fraction of sp³-hybridized carbons (Fsp3) is 0.625. The molecule has 2 N–H and O–H groups in total. The van der Waals surface area contributed by atoms with E-state index in [-0.39, 0.29) is 36.8 Å². The van der Waals surface area contributed by atoms with E-state index in [9.17, 15) is 14.4 Å². The van der Waals surface area contributed by atoms with E-state index in [2.05, 4.69) is 32.4 Å². The molecule has 2 aromatic carbocycles. The molecule has 11 heteroatoms. The van der Waals surface area contributed by atoms with Crippen molar-refractivity contribution in [2.75, 3.05) is 56.1 Å². The number of anilines is 2. The van der Waals surface area contributed by atoms with Crippen molar-refractivity contribution in [2.45, 2.75) is 96.9 Å². The maximum Gasteiger partial charge on any atom is 0.243 e. The first-order chi connectivity index (χ1) is 24.5. The molecule has 2 saturated carbocycles. The van der Waals surface area contributed by atoms with Crippen LogP contribution in [-0.4, -0.2) is 86.6 Å². The quantitative estimate of drug-likeness (QED) is 0.200. The second-order valence-corrected chi connectivity index (χ2v) is 16.3.